The minimum Gasteiger partial charge on any atom is -0.465 e. The predicted molar refractivity (Wildman–Crippen MR) is 109 cm³/mol. The molecule has 1 aliphatic heterocycles. The second-order valence-corrected chi connectivity index (χ2v) is 9.03. The number of nitrogens with one attached hydrogen (secondary N) is 1. The van der Waals surface area contributed by atoms with Crippen LogP contribution >= 0.6 is 15.9 Å². The van der Waals surface area contributed by atoms with E-state index in [9.17, 15) is 18.0 Å². The van der Waals surface area contributed by atoms with Crippen LogP contribution in [0.3, 0.4) is 0 Å². The molecule has 0 aliphatic carbocycles. The lowest BCUT2D eigenvalue weighted by atomic mass is 10.1. The molecule has 2 aromatic carbocycles. The number of amides is 1. The van der Waals surface area contributed by atoms with Crippen molar-refractivity contribution in [2.24, 2.45) is 0 Å². The van der Waals surface area contributed by atoms with Gasteiger partial charge in [0.2, 0.25) is 5.91 Å². The number of methoxy groups -OCH3 is 1. The maximum atomic E-state index is 12.9. The number of nitrogens with zero attached hydrogens (tertiary/aromatic N) is 1. The quantitative estimate of drug-likeness (QED) is 0.697. The molecule has 1 amide bonds. The van der Waals surface area contributed by atoms with Crippen LogP contribution in [-0.2, 0) is 26.0 Å². The first kappa shape index (κ1) is 20.3. The molecular formula is C19H19BrN2O5S. The Balaban J connectivity index is 1.94. The third-order valence-corrected chi connectivity index (χ3v) is 6.88. The molecule has 0 spiro atoms. The van der Waals surface area contributed by atoms with Gasteiger partial charge in [-0.2, -0.15) is 0 Å². The zero-order valence-corrected chi connectivity index (χ0v) is 17.9. The lowest BCUT2D eigenvalue weighted by Crippen LogP contribution is -2.33. The summed E-state index contributed by atoms with van der Waals surface area (Å²) in [6.07, 6.45) is 0.663. The van der Waals surface area contributed by atoms with E-state index < -0.39 is 16.0 Å². The largest absolute Gasteiger partial charge is 0.465 e. The highest BCUT2D eigenvalue weighted by Crippen LogP contribution is 2.38. The summed E-state index contributed by atoms with van der Waals surface area (Å²) in [5.74, 6) is -0.641. The van der Waals surface area contributed by atoms with Crippen molar-refractivity contribution in [3.05, 3.63) is 52.0 Å². The van der Waals surface area contributed by atoms with Crippen LogP contribution in [0.4, 0.5) is 11.4 Å². The Hall–Kier alpha value is -2.39. The Labute approximate surface area is 171 Å². The number of fused-ring (bicyclic) bond motifs is 1. The van der Waals surface area contributed by atoms with Crippen molar-refractivity contribution >= 4 is 49.2 Å². The standard InChI is InChI=1S/C19H19BrN2O5S/c1-11-8-14-9-16(20)18(10-17(14)22(11)12(2)23)28(25,26)21-15-6-4-13(5-7-15)19(24)27-3/h4-7,9-11,21H,8H2,1-3H3/t11-/m0/s1. The molecule has 0 saturated heterocycles. The van der Waals surface area contributed by atoms with E-state index in [0.717, 1.165) is 5.56 Å². The van der Waals surface area contributed by atoms with Crippen molar-refractivity contribution in [2.45, 2.75) is 31.2 Å². The Morgan fingerprint density at radius 1 is 1.21 bits per heavy atom. The molecule has 0 aromatic heterocycles. The number of esters is 1. The van der Waals surface area contributed by atoms with Crippen LogP contribution in [0.1, 0.15) is 29.8 Å². The highest BCUT2D eigenvalue weighted by molar-refractivity contribution is 9.10. The molecule has 7 nitrogen and oxygen atoms in total. The molecule has 3 rings (SSSR count). The Bertz CT molecular complexity index is 1050. The number of hydrogen-bond donors (Lipinski definition) is 1. The predicted octanol–water partition coefficient (Wildman–Crippen LogP) is 3.33. The van der Waals surface area contributed by atoms with E-state index in [4.69, 9.17) is 0 Å². The van der Waals surface area contributed by atoms with E-state index in [0.29, 0.717) is 27.8 Å². The van der Waals surface area contributed by atoms with E-state index in [1.807, 2.05) is 6.92 Å². The van der Waals surface area contributed by atoms with E-state index in [1.54, 1.807) is 11.0 Å². The third-order valence-electron chi connectivity index (χ3n) is 4.54. The number of hydrogen-bond acceptors (Lipinski definition) is 5. The first-order chi connectivity index (χ1) is 13.1. The Morgan fingerprint density at radius 2 is 1.86 bits per heavy atom. The Morgan fingerprint density at radius 3 is 2.43 bits per heavy atom. The van der Waals surface area contributed by atoms with Crippen molar-refractivity contribution in [2.75, 3.05) is 16.7 Å². The average Bonchev–Trinajstić information content (AvgIpc) is 2.95. The van der Waals surface area contributed by atoms with Crippen molar-refractivity contribution in [3.63, 3.8) is 0 Å². The smallest absolute Gasteiger partial charge is 0.337 e. The topological polar surface area (TPSA) is 92.8 Å². The second kappa shape index (κ2) is 7.56. The molecule has 0 unspecified atom stereocenters. The summed E-state index contributed by atoms with van der Waals surface area (Å²) in [6.45, 7) is 3.38. The summed E-state index contributed by atoms with van der Waals surface area (Å²) in [5, 5.41) is 0. The van der Waals surface area contributed by atoms with Gasteiger partial charge in [-0.05, 0) is 71.2 Å². The van der Waals surface area contributed by atoms with E-state index in [2.05, 4.69) is 25.4 Å². The second-order valence-electron chi connectivity index (χ2n) is 6.53. The average molecular weight is 467 g/mol. The maximum absolute atomic E-state index is 12.9. The summed E-state index contributed by atoms with van der Waals surface area (Å²) in [5.41, 5.74) is 2.13. The summed E-state index contributed by atoms with van der Waals surface area (Å²) >= 11 is 3.33. The van der Waals surface area contributed by atoms with Gasteiger partial charge in [-0.1, -0.05) is 0 Å². The number of benzene rings is 2. The summed E-state index contributed by atoms with van der Waals surface area (Å²) < 4.78 is 33.4. The highest BCUT2D eigenvalue weighted by atomic mass is 79.9. The van der Waals surface area contributed by atoms with Crippen molar-refractivity contribution in [1.29, 1.82) is 0 Å². The van der Waals surface area contributed by atoms with Gasteiger partial charge in [0.1, 0.15) is 4.90 Å². The van der Waals surface area contributed by atoms with Gasteiger partial charge in [0.15, 0.2) is 0 Å². The molecule has 2 aromatic rings. The van der Waals surface area contributed by atoms with E-state index in [-0.39, 0.29) is 16.8 Å². The minimum atomic E-state index is -3.92. The van der Waals surface area contributed by atoms with Crippen LogP contribution in [-0.4, -0.2) is 33.4 Å². The number of ether oxygens (including phenoxy) is 1. The van der Waals surface area contributed by atoms with Crippen molar-refractivity contribution in [3.8, 4) is 0 Å². The summed E-state index contributed by atoms with van der Waals surface area (Å²) in [6, 6.07) is 9.13. The van der Waals surface area contributed by atoms with Gasteiger partial charge in [0.05, 0.1) is 12.7 Å². The lowest BCUT2D eigenvalue weighted by Gasteiger charge is -2.21. The first-order valence-corrected chi connectivity index (χ1v) is 10.7. The molecule has 0 radical (unpaired) electrons. The van der Waals surface area contributed by atoms with Crippen LogP contribution < -0.4 is 9.62 Å². The zero-order valence-electron chi connectivity index (χ0n) is 15.5. The van der Waals surface area contributed by atoms with E-state index in [1.165, 1.54) is 44.4 Å². The van der Waals surface area contributed by atoms with Crippen LogP contribution in [0, 0.1) is 0 Å². The van der Waals surface area contributed by atoms with Crippen LogP contribution in [0.15, 0.2) is 45.8 Å². The SMILES string of the molecule is COC(=O)c1ccc(NS(=O)(=O)c2cc3c(cc2Br)C[C@H](C)N3C(C)=O)cc1. The molecule has 0 saturated carbocycles. The molecule has 1 atom stereocenters. The fraction of sp³-hybridized carbons (Fsp3) is 0.263. The van der Waals surface area contributed by atoms with Gasteiger partial charge in [0, 0.05) is 28.8 Å². The first-order valence-electron chi connectivity index (χ1n) is 8.47. The number of carbonyl (C=O) groups is 2. The molecular weight excluding hydrogens is 448 g/mol. The highest BCUT2D eigenvalue weighted by Gasteiger charge is 2.32. The molecule has 1 heterocycles. The van der Waals surface area contributed by atoms with Crippen molar-refractivity contribution < 1.29 is 22.7 Å². The fourth-order valence-electron chi connectivity index (χ4n) is 3.31. The molecule has 148 valence electrons. The number of sulfonamides is 1. The molecule has 1 N–H and O–H groups in total. The normalized spacial score (nSPS) is 15.9. The van der Waals surface area contributed by atoms with Crippen molar-refractivity contribution in [1.82, 2.24) is 0 Å². The lowest BCUT2D eigenvalue weighted by molar-refractivity contribution is -0.116. The minimum absolute atomic E-state index is 0.0312. The summed E-state index contributed by atoms with van der Waals surface area (Å²) in [7, 11) is -2.65. The molecule has 0 fully saturated rings. The molecule has 1 aliphatic rings. The molecule has 28 heavy (non-hydrogen) atoms. The number of carbonyl (C=O) groups excluding carboxylic acids is 2. The van der Waals surface area contributed by atoms with Crippen LogP contribution in [0.2, 0.25) is 0 Å². The van der Waals surface area contributed by atoms with Gasteiger partial charge in [-0.25, -0.2) is 13.2 Å². The fourth-order valence-corrected chi connectivity index (χ4v) is 5.48. The van der Waals surface area contributed by atoms with Crippen LogP contribution in [0.5, 0.6) is 0 Å². The van der Waals surface area contributed by atoms with E-state index >= 15 is 0 Å². The monoisotopic (exact) mass is 466 g/mol. The maximum Gasteiger partial charge on any atom is 0.337 e. The number of anilines is 2. The third kappa shape index (κ3) is 3.77. The molecule has 9 heteroatoms. The van der Waals surface area contributed by atoms with Crippen LogP contribution in [0.25, 0.3) is 0 Å². The molecule has 0 bridgehead atoms. The van der Waals surface area contributed by atoms with Gasteiger partial charge >= 0.3 is 5.97 Å². The van der Waals surface area contributed by atoms with Gasteiger partial charge in [0.25, 0.3) is 10.0 Å². The number of rotatable bonds is 4. The zero-order chi connectivity index (χ0) is 20.6. The van der Waals surface area contributed by atoms with Gasteiger partial charge < -0.3 is 9.64 Å². The van der Waals surface area contributed by atoms with Gasteiger partial charge in [-0.3, -0.25) is 9.52 Å². The summed E-state index contributed by atoms with van der Waals surface area (Å²) in [4.78, 5) is 25.1. The van der Waals surface area contributed by atoms with Gasteiger partial charge in [-0.15, -0.1) is 0 Å². The Kier molecular flexibility index (Phi) is 5.49. The number of halogens is 1.